The van der Waals surface area contributed by atoms with Crippen LogP contribution in [0.4, 0.5) is 0 Å². The van der Waals surface area contributed by atoms with Gasteiger partial charge >= 0.3 is 0 Å². The Balaban J connectivity index is 1.68. The van der Waals surface area contributed by atoms with Crippen LogP contribution in [0, 0.1) is 6.92 Å². The van der Waals surface area contributed by atoms with Crippen LogP contribution in [-0.2, 0) is 17.8 Å². The highest BCUT2D eigenvalue weighted by Crippen LogP contribution is 2.39. The summed E-state index contributed by atoms with van der Waals surface area (Å²) in [6, 6.07) is 0. The second-order valence-corrected chi connectivity index (χ2v) is 9.29. The molecule has 8 nitrogen and oxygen atoms in total. The molecule has 0 spiro atoms. The van der Waals surface area contributed by atoms with Gasteiger partial charge in [-0.15, -0.1) is 16.4 Å². The molecule has 2 N–H and O–H groups in total. The van der Waals surface area contributed by atoms with Crippen molar-refractivity contribution in [3.05, 3.63) is 22.1 Å². The quantitative estimate of drug-likeness (QED) is 0.629. The molecule has 3 aromatic rings. The predicted molar refractivity (Wildman–Crippen MR) is 113 cm³/mol. The summed E-state index contributed by atoms with van der Waals surface area (Å²) >= 11 is 1.65. The second-order valence-electron chi connectivity index (χ2n) is 8.20. The summed E-state index contributed by atoms with van der Waals surface area (Å²) in [6.45, 7) is 14.6. The van der Waals surface area contributed by atoms with Gasteiger partial charge in [-0.1, -0.05) is 0 Å². The fraction of sp³-hybridized carbons (Fsp3) is 0.600. The average Bonchev–Trinajstić information content (AvgIpc) is 3.26. The lowest BCUT2D eigenvalue weighted by atomic mass is 9.94. The molecule has 1 amide bonds. The standard InChI is InChI=1S/C20H28N6O2S/c1-6-25(7-2)9-8-21-18(27)16-23-17-15-13-10-20(4,5)28-11-14(13)29-19(15)22-12(3)26(17)24-16/h6-11H2,1-5H3,(H,21,27)/p+1. The number of fused-ring (bicyclic) bond motifs is 5. The first-order chi connectivity index (χ1) is 13.8. The second kappa shape index (κ2) is 7.62. The molecular formula is C20H29N6O2S+. The van der Waals surface area contributed by atoms with Crippen molar-refractivity contribution in [3.63, 3.8) is 0 Å². The van der Waals surface area contributed by atoms with Crippen molar-refractivity contribution < 1.29 is 14.4 Å². The van der Waals surface area contributed by atoms with Crippen LogP contribution in [0.15, 0.2) is 0 Å². The Bertz CT molecular complexity index is 1070. The van der Waals surface area contributed by atoms with Crippen LogP contribution in [0.2, 0.25) is 0 Å². The van der Waals surface area contributed by atoms with Crippen LogP contribution in [0.5, 0.6) is 0 Å². The Hall–Kier alpha value is -2.10. The van der Waals surface area contributed by atoms with Crippen LogP contribution in [-0.4, -0.2) is 57.3 Å². The van der Waals surface area contributed by atoms with E-state index >= 15 is 0 Å². The molecule has 0 aromatic carbocycles. The van der Waals surface area contributed by atoms with Crippen molar-refractivity contribution >= 4 is 33.1 Å². The number of carbonyl (C=O) groups excluding carboxylic acids is 1. The van der Waals surface area contributed by atoms with Gasteiger partial charge < -0.3 is 15.0 Å². The van der Waals surface area contributed by atoms with Gasteiger partial charge in [0, 0.05) is 11.3 Å². The van der Waals surface area contributed by atoms with Crippen LogP contribution in [0.25, 0.3) is 15.9 Å². The van der Waals surface area contributed by atoms with Crippen molar-refractivity contribution in [2.75, 3.05) is 26.2 Å². The van der Waals surface area contributed by atoms with Gasteiger partial charge in [0.15, 0.2) is 5.65 Å². The van der Waals surface area contributed by atoms with Gasteiger partial charge in [0.1, 0.15) is 10.7 Å². The smallest absolute Gasteiger partial charge is 0.291 e. The van der Waals surface area contributed by atoms with E-state index in [1.54, 1.807) is 15.9 Å². The maximum Gasteiger partial charge on any atom is 0.291 e. The number of thiophene rings is 1. The zero-order valence-electron chi connectivity index (χ0n) is 17.8. The summed E-state index contributed by atoms with van der Waals surface area (Å²) in [4.78, 5) is 25.6. The minimum absolute atomic E-state index is 0.197. The lowest BCUT2D eigenvalue weighted by Gasteiger charge is -2.30. The topological polar surface area (TPSA) is 85.9 Å². The van der Waals surface area contributed by atoms with E-state index in [0.29, 0.717) is 18.8 Å². The number of hydrogen-bond acceptors (Lipinski definition) is 6. The number of nitrogens with zero attached hydrogens (tertiary/aromatic N) is 4. The summed E-state index contributed by atoms with van der Waals surface area (Å²) in [5.41, 5.74) is 1.71. The van der Waals surface area contributed by atoms with Gasteiger partial charge in [0.05, 0.1) is 43.8 Å². The SMILES string of the molecule is CC[NH+](CC)CCNC(=O)c1nc2c3c4c(sc3nc(C)n2n1)COC(C)(C)C4. The number of aryl methyl sites for hydroxylation is 1. The van der Waals surface area contributed by atoms with Crippen LogP contribution < -0.4 is 10.2 Å². The molecule has 1 aliphatic heterocycles. The largest absolute Gasteiger partial charge is 0.370 e. The number of ether oxygens (including phenoxy) is 1. The molecule has 0 saturated carbocycles. The number of quaternary nitrogens is 1. The number of carbonyl (C=O) groups is 1. The molecule has 0 bridgehead atoms. The highest BCUT2D eigenvalue weighted by molar-refractivity contribution is 7.19. The molecule has 1 aliphatic rings. The van der Waals surface area contributed by atoms with E-state index in [1.807, 2.05) is 6.92 Å². The van der Waals surface area contributed by atoms with E-state index in [0.717, 1.165) is 42.1 Å². The van der Waals surface area contributed by atoms with Gasteiger partial charge in [-0.25, -0.2) is 9.97 Å². The van der Waals surface area contributed by atoms with E-state index in [9.17, 15) is 4.79 Å². The van der Waals surface area contributed by atoms with Crippen LogP contribution in [0.1, 0.15) is 54.6 Å². The molecule has 29 heavy (non-hydrogen) atoms. The first-order valence-corrected chi connectivity index (χ1v) is 11.1. The Labute approximate surface area is 174 Å². The predicted octanol–water partition coefficient (Wildman–Crippen LogP) is 1.15. The maximum atomic E-state index is 12.7. The molecule has 9 heteroatoms. The summed E-state index contributed by atoms with van der Waals surface area (Å²) in [7, 11) is 0. The summed E-state index contributed by atoms with van der Waals surface area (Å²) in [6.07, 6.45) is 0.795. The number of rotatable bonds is 6. The van der Waals surface area contributed by atoms with E-state index in [-0.39, 0.29) is 17.3 Å². The Morgan fingerprint density at radius 3 is 2.79 bits per heavy atom. The van der Waals surface area contributed by atoms with Gasteiger partial charge in [0.25, 0.3) is 5.91 Å². The third-order valence-electron chi connectivity index (χ3n) is 5.64. The van der Waals surface area contributed by atoms with E-state index in [1.165, 1.54) is 15.3 Å². The molecule has 0 unspecified atom stereocenters. The monoisotopic (exact) mass is 417 g/mol. The minimum atomic E-state index is -0.236. The number of likely N-dealkylation sites (N-methyl/N-ethyl adjacent to an activating group) is 1. The zero-order valence-corrected chi connectivity index (χ0v) is 18.6. The van der Waals surface area contributed by atoms with E-state index < -0.39 is 0 Å². The molecule has 3 aromatic heterocycles. The Kier molecular flexibility index (Phi) is 5.30. The van der Waals surface area contributed by atoms with E-state index in [2.05, 4.69) is 43.1 Å². The number of hydrogen-bond donors (Lipinski definition) is 2. The summed E-state index contributed by atoms with van der Waals surface area (Å²) in [5.74, 6) is 0.689. The molecule has 0 radical (unpaired) electrons. The minimum Gasteiger partial charge on any atom is -0.370 e. The Morgan fingerprint density at radius 2 is 2.07 bits per heavy atom. The highest BCUT2D eigenvalue weighted by Gasteiger charge is 2.31. The molecule has 4 heterocycles. The first-order valence-electron chi connectivity index (χ1n) is 10.3. The fourth-order valence-corrected chi connectivity index (χ4v) is 5.02. The van der Waals surface area contributed by atoms with Crippen LogP contribution >= 0.6 is 11.3 Å². The lowest BCUT2D eigenvalue weighted by molar-refractivity contribution is -0.895. The summed E-state index contributed by atoms with van der Waals surface area (Å²) in [5, 5.41) is 8.43. The zero-order chi connectivity index (χ0) is 20.8. The number of amides is 1. The van der Waals surface area contributed by atoms with Crippen molar-refractivity contribution in [1.82, 2.24) is 24.9 Å². The van der Waals surface area contributed by atoms with Gasteiger partial charge in [-0.2, -0.15) is 4.52 Å². The van der Waals surface area contributed by atoms with E-state index in [4.69, 9.17) is 9.72 Å². The fourth-order valence-electron chi connectivity index (χ4n) is 3.87. The molecule has 0 fully saturated rings. The lowest BCUT2D eigenvalue weighted by Crippen LogP contribution is -3.12. The highest BCUT2D eigenvalue weighted by atomic mass is 32.1. The molecular weight excluding hydrogens is 388 g/mol. The van der Waals surface area contributed by atoms with Crippen LogP contribution in [0.3, 0.4) is 0 Å². The first kappa shape index (κ1) is 20.2. The van der Waals surface area contributed by atoms with Crippen molar-refractivity contribution in [2.24, 2.45) is 0 Å². The number of aromatic nitrogens is 4. The Morgan fingerprint density at radius 1 is 1.31 bits per heavy atom. The third-order valence-corrected chi connectivity index (χ3v) is 6.74. The van der Waals surface area contributed by atoms with Gasteiger partial charge in [-0.3, -0.25) is 4.79 Å². The average molecular weight is 418 g/mol. The normalized spacial score (nSPS) is 15.9. The van der Waals surface area contributed by atoms with Gasteiger partial charge in [0.2, 0.25) is 5.82 Å². The van der Waals surface area contributed by atoms with Crippen molar-refractivity contribution in [2.45, 2.75) is 53.2 Å². The molecule has 4 rings (SSSR count). The molecule has 156 valence electrons. The third kappa shape index (κ3) is 3.74. The number of nitrogens with one attached hydrogen (secondary N) is 2. The molecule has 0 aliphatic carbocycles. The van der Waals surface area contributed by atoms with Crippen molar-refractivity contribution in [3.8, 4) is 0 Å². The van der Waals surface area contributed by atoms with Crippen molar-refractivity contribution in [1.29, 1.82) is 0 Å². The maximum absolute atomic E-state index is 12.7. The molecule has 0 saturated heterocycles. The molecule has 0 atom stereocenters. The summed E-state index contributed by atoms with van der Waals surface area (Å²) < 4.78 is 7.66. The van der Waals surface area contributed by atoms with Gasteiger partial charge in [-0.05, 0) is 40.2 Å².